The minimum atomic E-state index is -0.200. The van der Waals surface area contributed by atoms with E-state index in [4.69, 9.17) is 16.3 Å². The second-order valence-corrected chi connectivity index (χ2v) is 6.99. The fourth-order valence-electron chi connectivity index (χ4n) is 3.07. The summed E-state index contributed by atoms with van der Waals surface area (Å²) >= 11 is 6.00. The number of nitrogens with one attached hydrogen (secondary N) is 1. The Bertz CT molecular complexity index is 1210. The van der Waals surface area contributed by atoms with Gasteiger partial charge in [-0.15, -0.1) is 0 Å². The molecule has 4 aromatic rings. The van der Waals surface area contributed by atoms with Gasteiger partial charge in [0, 0.05) is 11.3 Å². The first kappa shape index (κ1) is 18.9. The minimum Gasteiger partial charge on any atom is -0.479 e. The van der Waals surface area contributed by atoms with Crippen molar-refractivity contribution in [2.45, 2.75) is 6.92 Å². The van der Waals surface area contributed by atoms with Crippen molar-refractivity contribution >= 4 is 34.2 Å². The van der Waals surface area contributed by atoms with Gasteiger partial charge in [0.25, 0.3) is 11.8 Å². The molecule has 1 heterocycles. The van der Waals surface area contributed by atoms with Crippen LogP contribution in [-0.4, -0.2) is 23.0 Å². The number of aromatic nitrogens is 2. The van der Waals surface area contributed by atoms with Crippen molar-refractivity contribution < 1.29 is 9.53 Å². The highest BCUT2D eigenvalue weighted by Crippen LogP contribution is 2.25. The van der Waals surface area contributed by atoms with E-state index in [9.17, 15) is 4.79 Å². The second-order valence-electron chi connectivity index (χ2n) is 6.63. The van der Waals surface area contributed by atoms with Crippen LogP contribution in [0.3, 0.4) is 0 Å². The number of anilines is 1. The van der Waals surface area contributed by atoms with Crippen LogP contribution in [0.4, 0.5) is 5.69 Å². The first-order valence-electron chi connectivity index (χ1n) is 9.03. The topological polar surface area (TPSA) is 64.1 Å². The zero-order valence-electron chi connectivity index (χ0n) is 15.9. The number of amides is 1. The van der Waals surface area contributed by atoms with Gasteiger partial charge < -0.3 is 10.1 Å². The molecule has 3 aromatic carbocycles. The van der Waals surface area contributed by atoms with E-state index >= 15 is 0 Å². The van der Waals surface area contributed by atoms with Crippen molar-refractivity contribution in [3.63, 3.8) is 0 Å². The number of ether oxygens (including phenoxy) is 1. The maximum atomic E-state index is 12.6. The van der Waals surface area contributed by atoms with E-state index in [2.05, 4.69) is 40.4 Å². The van der Waals surface area contributed by atoms with Crippen LogP contribution in [0.25, 0.3) is 22.2 Å². The summed E-state index contributed by atoms with van der Waals surface area (Å²) in [6, 6.07) is 21.0. The van der Waals surface area contributed by atoms with Gasteiger partial charge in [-0.05, 0) is 48.4 Å². The largest absolute Gasteiger partial charge is 0.479 e. The van der Waals surface area contributed by atoms with Crippen molar-refractivity contribution in [3.05, 3.63) is 83.0 Å². The fraction of sp³-hybridized carbons (Fsp3) is 0.0870. The molecule has 1 N–H and O–H groups in total. The second kappa shape index (κ2) is 7.89. The predicted molar refractivity (Wildman–Crippen MR) is 116 cm³/mol. The SMILES string of the molecule is COc1nc2cc(NC(=O)c3ccc(-c4cccc(C)c4)cc3)ccc2nc1Cl. The molecule has 0 radical (unpaired) electrons. The maximum Gasteiger partial charge on any atom is 0.255 e. The summed E-state index contributed by atoms with van der Waals surface area (Å²) in [4.78, 5) is 21.2. The molecule has 0 unspecified atom stereocenters. The Morgan fingerprint density at radius 3 is 2.45 bits per heavy atom. The van der Waals surface area contributed by atoms with Crippen LogP contribution in [0, 0.1) is 6.92 Å². The number of carbonyl (C=O) groups excluding carboxylic acids is 1. The van der Waals surface area contributed by atoms with Gasteiger partial charge in [0.2, 0.25) is 0 Å². The molecule has 0 atom stereocenters. The Labute approximate surface area is 173 Å². The molecule has 29 heavy (non-hydrogen) atoms. The normalized spacial score (nSPS) is 10.7. The van der Waals surface area contributed by atoms with Gasteiger partial charge >= 0.3 is 0 Å². The number of halogens is 1. The summed E-state index contributed by atoms with van der Waals surface area (Å²) in [6.07, 6.45) is 0. The van der Waals surface area contributed by atoms with Crippen LogP contribution < -0.4 is 10.1 Å². The van der Waals surface area contributed by atoms with Gasteiger partial charge in [0.15, 0.2) is 5.15 Å². The molecule has 0 aliphatic carbocycles. The van der Waals surface area contributed by atoms with Crippen LogP contribution in [0.2, 0.25) is 5.15 Å². The number of aryl methyl sites for hydroxylation is 1. The Morgan fingerprint density at radius 2 is 1.72 bits per heavy atom. The van der Waals surface area contributed by atoms with Gasteiger partial charge in [-0.1, -0.05) is 53.6 Å². The number of hydrogen-bond donors (Lipinski definition) is 1. The van der Waals surface area contributed by atoms with E-state index in [0.29, 0.717) is 22.3 Å². The summed E-state index contributed by atoms with van der Waals surface area (Å²) in [5.41, 5.74) is 5.77. The summed E-state index contributed by atoms with van der Waals surface area (Å²) in [7, 11) is 1.48. The molecule has 0 aliphatic heterocycles. The Morgan fingerprint density at radius 1 is 0.931 bits per heavy atom. The van der Waals surface area contributed by atoms with E-state index in [0.717, 1.165) is 11.1 Å². The fourth-order valence-corrected chi connectivity index (χ4v) is 3.28. The zero-order chi connectivity index (χ0) is 20.4. The van der Waals surface area contributed by atoms with Crippen molar-refractivity contribution in [1.29, 1.82) is 0 Å². The number of rotatable bonds is 4. The van der Waals surface area contributed by atoms with Gasteiger partial charge in [-0.2, -0.15) is 0 Å². The summed E-state index contributed by atoms with van der Waals surface area (Å²) in [5.74, 6) is 0.0448. The molecule has 0 spiro atoms. The van der Waals surface area contributed by atoms with Gasteiger partial charge in [0.1, 0.15) is 0 Å². The molecule has 144 valence electrons. The molecule has 0 fully saturated rings. The Hall–Kier alpha value is -3.44. The van der Waals surface area contributed by atoms with E-state index in [-0.39, 0.29) is 16.9 Å². The third-order valence-corrected chi connectivity index (χ3v) is 4.79. The van der Waals surface area contributed by atoms with E-state index < -0.39 is 0 Å². The lowest BCUT2D eigenvalue weighted by Crippen LogP contribution is -2.11. The van der Waals surface area contributed by atoms with Crippen molar-refractivity contribution in [3.8, 4) is 17.0 Å². The molecule has 5 nitrogen and oxygen atoms in total. The number of nitrogens with zero attached hydrogens (tertiary/aromatic N) is 2. The lowest BCUT2D eigenvalue weighted by molar-refractivity contribution is 0.102. The third kappa shape index (κ3) is 4.05. The highest BCUT2D eigenvalue weighted by molar-refractivity contribution is 6.31. The average molecular weight is 404 g/mol. The zero-order valence-corrected chi connectivity index (χ0v) is 16.7. The molecule has 0 aliphatic rings. The van der Waals surface area contributed by atoms with Crippen LogP contribution >= 0.6 is 11.6 Å². The van der Waals surface area contributed by atoms with Gasteiger partial charge in [0.05, 0.1) is 18.1 Å². The standard InChI is InChI=1S/C23H18ClN3O2/c1-14-4-3-5-17(12-14)15-6-8-16(9-7-15)22(28)25-18-10-11-19-20(13-18)27-23(29-2)21(24)26-19/h3-13H,1-2H3,(H,25,28). The highest BCUT2D eigenvalue weighted by atomic mass is 35.5. The van der Waals surface area contributed by atoms with Crippen LogP contribution in [0.1, 0.15) is 15.9 Å². The number of fused-ring (bicyclic) bond motifs is 1. The number of carbonyl (C=O) groups is 1. The predicted octanol–water partition coefficient (Wildman–Crippen LogP) is 5.52. The summed E-state index contributed by atoms with van der Waals surface area (Å²) in [6.45, 7) is 2.06. The maximum absolute atomic E-state index is 12.6. The lowest BCUT2D eigenvalue weighted by Gasteiger charge is -2.09. The smallest absolute Gasteiger partial charge is 0.255 e. The number of hydrogen-bond acceptors (Lipinski definition) is 4. The molecular formula is C23H18ClN3O2. The van der Waals surface area contributed by atoms with E-state index in [1.54, 1.807) is 18.2 Å². The first-order chi connectivity index (χ1) is 14.0. The minimum absolute atomic E-state index is 0.200. The van der Waals surface area contributed by atoms with Crippen LogP contribution in [0.15, 0.2) is 66.7 Å². The molecular weight excluding hydrogens is 386 g/mol. The molecule has 4 rings (SSSR count). The molecule has 0 bridgehead atoms. The number of benzene rings is 3. The Balaban J connectivity index is 1.55. The van der Waals surface area contributed by atoms with Crippen molar-refractivity contribution in [2.24, 2.45) is 0 Å². The first-order valence-corrected chi connectivity index (χ1v) is 9.41. The average Bonchev–Trinajstić information content (AvgIpc) is 2.73. The van der Waals surface area contributed by atoms with Crippen LogP contribution in [-0.2, 0) is 0 Å². The Kier molecular flexibility index (Phi) is 5.14. The third-order valence-electron chi connectivity index (χ3n) is 4.54. The van der Waals surface area contributed by atoms with Crippen LogP contribution in [0.5, 0.6) is 5.88 Å². The van der Waals surface area contributed by atoms with Gasteiger partial charge in [-0.25, -0.2) is 9.97 Å². The molecule has 6 heteroatoms. The van der Waals surface area contributed by atoms with E-state index in [1.807, 2.05) is 30.3 Å². The summed E-state index contributed by atoms with van der Waals surface area (Å²) < 4.78 is 5.11. The molecule has 1 aromatic heterocycles. The number of methoxy groups -OCH3 is 1. The van der Waals surface area contributed by atoms with Crippen molar-refractivity contribution in [1.82, 2.24) is 9.97 Å². The van der Waals surface area contributed by atoms with Gasteiger partial charge in [-0.3, -0.25) is 4.79 Å². The van der Waals surface area contributed by atoms with Crippen molar-refractivity contribution in [2.75, 3.05) is 12.4 Å². The summed E-state index contributed by atoms with van der Waals surface area (Å²) in [5, 5.41) is 3.09. The molecule has 1 amide bonds. The van der Waals surface area contributed by atoms with E-state index in [1.165, 1.54) is 12.7 Å². The highest BCUT2D eigenvalue weighted by Gasteiger charge is 2.10. The lowest BCUT2D eigenvalue weighted by atomic mass is 10.0. The molecule has 0 saturated heterocycles. The molecule has 0 saturated carbocycles. The monoisotopic (exact) mass is 403 g/mol. The quantitative estimate of drug-likeness (QED) is 0.487.